The van der Waals surface area contributed by atoms with Gasteiger partial charge in [-0.15, -0.1) is 11.3 Å². The van der Waals surface area contributed by atoms with Gasteiger partial charge in [-0.1, -0.05) is 34.1 Å². The second kappa shape index (κ2) is 7.85. The molecule has 1 atom stereocenters. The van der Waals surface area contributed by atoms with Crippen LogP contribution in [-0.2, 0) is 13.0 Å². The molecule has 0 radical (unpaired) electrons. The molecule has 0 aliphatic carbocycles. The maximum atomic E-state index is 4.81. The Morgan fingerprint density at radius 3 is 2.47 bits per heavy atom. The molecule has 4 heteroatoms. The number of anilines is 1. The van der Waals surface area contributed by atoms with Crippen molar-refractivity contribution in [3.63, 3.8) is 0 Å². The zero-order valence-corrected chi connectivity index (χ0v) is 14.1. The summed E-state index contributed by atoms with van der Waals surface area (Å²) in [4.78, 5) is 8.53. The molecule has 1 heterocycles. The van der Waals surface area contributed by atoms with Crippen LogP contribution >= 0.6 is 11.3 Å². The highest BCUT2D eigenvalue weighted by molar-refractivity contribution is 7.15. The van der Waals surface area contributed by atoms with Crippen molar-refractivity contribution in [2.24, 2.45) is 0 Å². The first-order valence-corrected chi connectivity index (χ1v) is 8.25. The van der Waals surface area contributed by atoms with E-state index in [0.717, 1.165) is 13.0 Å². The maximum Gasteiger partial charge on any atom is 0.185 e. The number of aryl methyl sites for hydroxylation is 1. The van der Waals surface area contributed by atoms with Crippen LogP contribution in [0.25, 0.3) is 0 Å². The van der Waals surface area contributed by atoms with Gasteiger partial charge in [0.2, 0.25) is 0 Å². The van der Waals surface area contributed by atoms with E-state index in [1.165, 1.54) is 28.5 Å². The Hall–Kier alpha value is -0.610. The van der Waals surface area contributed by atoms with E-state index in [2.05, 4.69) is 51.9 Å². The molecule has 3 nitrogen and oxygen atoms in total. The largest absolute Gasteiger partial charge is 0.348 e. The summed E-state index contributed by atoms with van der Waals surface area (Å²) in [7, 11) is 2.16. The van der Waals surface area contributed by atoms with E-state index in [1.54, 1.807) is 0 Å². The van der Waals surface area contributed by atoms with Crippen LogP contribution in [-0.4, -0.2) is 24.1 Å². The lowest BCUT2D eigenvalue weighted by atomic mass is 10.2. The van der Waals surface area contributed by atoms with Gasteiger partial charge < -0.3 is 10.2 Å². The molecule has 1 aromatic heterocycles. The minimum atomic E-state index is 0.520. The molecule has 0 fully saturated rings. The van der Waals surface area contributed by atoms with Crippen molar-refractivity contribution in [3.05, 3.63) is 10.6 Å². The third-order valence-electron chi connectivity index (χ3n) is 3.44. The molecular formula is C15H29N3S. The van der Waals surface area contributed by atoms with Gasteiger partial charge in [0.15, 0.2) is 5.13 Å². The fraction of sp³-hybridized carbons (Fsp3) is 0.800. The van der Waals surface area contributed by atoms with Gasteiger partial charge in [0.25, 0.3) is 0 Å². The van der Waals surface area contributed by atoms with Gasteiger partial charge in [0.1, 0.15) is 0 Å². The van der Waals surface area contributed by atoms with Crippen molar-refractivity contribution >= 4 is 16.5 Å². The molecule has 0 spiro atoms. The highest BCUT2D eigenvalue weighted by Gasteiger charge is 2.16. The minimum Gasteiger partial charge on any atom is -0.348 e. The van der Waals surface area contributed by atoms with Crippen molar-refractivity contribution in [2.75, 3.05) is 11.9 Å². The van der Waals surface area contributed by atoms with Gasteiger partial charge in [-0.25, -0.2) is 4.98 Å². The first-order chi connectivity index (χ1) is 8.99. The summed E-state index contributed by atoms with van der Waals surface area (Å²) in [5.74, 6) is 0. The topological polar surface area (TPSA) is 28.2 Å². The Morgan fingerprint density at radius 2 is 1.95 bits per heavy atom. The first kappa shape index (κ1) is 16.4. The van der Waals surface area contributed by atoms with Gasteiger partial charge in [-0.2, -0.15) is 0 Å². The van der Waals surface area contributed by atoms with Crippen molar-refractivity contribution in [2.45, 2.75) is 72.5 Å². The first-order valence-electron chi connectivity index (χ1n) is 7.44. The van der Waals surface area contributed by atoms with E-state index >= 15 is 0 Å². The van der Waals surface area contributed by atoms with Crippen LogP contribution in [0.3, 0.4) is 0 Å². The van der Waals surface area contributed by atoms with Crippen LogP contribution in [0.4, 0.5) is 5.13 Å². The molecule has 0 aliphatic heterocycles. The summed E-state index contributed by atoms with van der Waals surface area (Å²) in [6.07, 6.45) is 3.46. The minimum absolute atomic E-state index is 0.520. The summed E-state index contributed by atoms with van der Waals surface area (Å²) >= 11 is 1.84. The number of nitrogens with one attached hydrogen (secondary N) is 1. The zero-order chi connectivity index (χ0) is 14.4. The summed E-state index contributed by atoms with van der Waals surface area (Å²) in [5.41, 5.74) is 1.25. The maximum absolute atomic E-state index is 4.81. The smallest absolute Gasteiger partial charge is 0.185 e. The molecule has 110 valence electrons. The molecule has 19 heavy (non-hydrogen) atoms. The molecule has 1 unspecified atom stereocenters. The molecule has 0 aromatic carbocycles. The highest BCUT2D eigenvalue weighted by Crippen LogP contribution is 2.28. The zero-order valence-electron chi connectivity index (χ0n) is 13.3. The normalized spacial score (nSPS) is 13.0. The third-order valence-corrected chi connectivity index (χ3v) is 4.63. The number of rotatable bonds is 8. The Balaban J connectivity index is 2.79. The molecule has 1 N–H and O–H groups in total. The standard InChI is InChI=1S/C15H29N3S/c1-7-9-12(5)18(6)15-17-13(8-2)14(19-15)10-16-11(3)4/h11-12,16H,7-10H2,1-6H3. The number of hydrogen-bond acceptors (Lipinski definition) is 4. The van der Waals surface area contributed by atoms with Gasteiger partial charge >= 0.3 is 0 Å². The fourth-order valence-corrected chi connectivity index (χ4v) is 3.20. The molecule has 1 rings (SSSR count). The molecule has 0 bridgehead atoms. The van der Waals surface area contributed by atoms with Crippen molar-refractivity contribution in [1.82, 2.24) is 10.3 Å². The van der Waals surface area contributed by atoms with Crippen molar-refractivity contribution < 1.29 is 0 Å². The Morgan fingerprint density at radius 1 is 1.26 bits per heavy atom. The number of thiazole rings is 1. The van der Waals surface area contributed by atoms with Crippen LogP contribution in [0, 0.1) is 0 Å². The van der Waals surface area contributed by atoms with Gasteiger partial charge in [-0.3, -0.25) is 0 Å². The van der Waals surface area contributed by atoms with E-state index in [0.29, 0.717) is 12.1 Å². The second-order valence-corrected chi connectivity index (χ2v) is 6.57. The average Bonchev–Trinajstić information content (AvgIpc) is 2.78. The monoisotopic (exact) mass is 283 g/mol. The number of hydrogen-bond donors (Lipinski definition) is 1. The van der Waals surface area contributed by atoms with Crippen LogP contribution in [0.1, 0.15) is 58.0 Å². The van der Waals surface area contributed by atoms with E-state index in [4.69, 9.17) is 4.98 Å². The van der Waals surface area contributed by atoms with E-state index in [1.807, 2.05) is 11.3 Å². The summed E-state index contributed by atoms with van der Waals surface area (Å²) in [6, 6.07) is 1.08. The van der Waals surface area contributed by atoms with E-state index in [-0.39, 0.29) is 0 Å². The summed E-state index contributed by atoms with van der Waals surface area (Å²) in [5, 5.41) is 4.66. The Kier molecular flexibility index (Phi) is 6.80. The summed E-state index contributed by atoms with van der Waals surface area (Å²) in [6.45, 7) is 12.0. The van der Waals surface area contributed by atoms with Crippen LogP contribution in [0.2, 0.25) is 0 Å². The van der Waals surface area contributed by atoms with Crippen LogP contribution < -0.4 is 10.2 Å². The highest BCUT2D eigenvalue weighted by atomic mass is 32.1. The lowest BCUT2D eigenvalue weighted by Gasteiger charge is -2.23. The predicted molar refractivity (Wildman–Crippen MR) is 86.2 cm³/mol. The number of aromatic nitrogens is 1. The second-order valence-electron chi connectivity index (χ2n) is 5.50. The van der Waals surface area contributed by atoms with Crippen molar-refractivity contribution in [1.29, 1.82) is 0 Å². The SMILES string of the molecule is CCCC(C)N(C)c1nc(CC)c(CNC(C)C)s1. The molecule has 0 saturated carbocycles. The van der Waals surface area contributed by atoms with Gasteiger partial charge in [0.05, 0.1) is 5.69 Å². The molecule has 0 amide bonds. The molecule has 1 aromatic rings. The molecule has 0 aliphatic rings. The quantitative estimate of drug-likeness (QED) is 0.786. The average molecular weight is 283 g/mol. The van der Waals surface area contributed by atoms with Gasteiger partial charge in [0, 0.05) is 30.6 Å². The van der Waals surface area contributed by atoms with Crippen LogP contribution in [0.5, 0.6) is 0 Å². The summed E-state index contributed by atoms with van der Waals surface area (Å²) < 4.78 is 0. The molecule has 0 saturated heterocycles. The third kappa shape index (κ3) is 4.77. The van der Waals surface area contributed by atoms with E-state index in [9.17, 15) is 0 Å². The van der Waals surface area contributed by atoms with Crippen molar-refractivity contribution in [3.8, 4) is 0 Å². The lowest BCUT2D eigenvalue weighted by molar-refractivity contribution is 0.590. The predicted octanol–water partition coefficient (Wildman–Crippen LogP) is 3.83. The molecular weight excluding hydrogens is 254 g/mol. The number of nitrogens with zero attached hydrogens (tertiary/aromatic N) is 2. The fourth-order valence-electron chi connectivity index (χ4n) is 2.03. The lowest BCUT2D eigenvalue weighted by Crippen LogP contribution is -2.28. The Bertz CT molecular complexity index is 373. The van der Waals surface area contributed by atoms with E-state index < -0.39 is 0 Å². The Labute approximate surface area is 122 Å². The van der Waals surface area contributed by atoms with Gasteiger partial charge in [-0.05, 0) is 19.8 Å². The van der Waals surface area contributed by atoms with Crippen LogP contribution in [0.15, 0.2) is 0 Å².